The normalized spacial score (nSPS) is 10.8. The van der Waals surface area contributed by atoms with Gasteiger partial charge in [0.15, 0.2) is 0 Å². The van der Waals surface area contributed by atoms with Crippen LogP contribution in [0.2, 0.25) is 0 Å². The number of nitrogens with zero attached hydrogens (tertiary/aromatic N) is 3. The van der Waals surface area contributed by atoms with E-state index in [-0.39, 0.29) is 5.78 Å². The third-order valence-corrected chi connectivity index (χ3v) is 2.04. The van der Waals surface area contributed by atoms with Crippen LogP contribution in [0.4, 0.5) is 0 Å². The highest BCUT2D eigenvalue weighted by Gasteiger charge is 2.07. The van der Waals surface area contributed by atoms with E-state index in [0.717, 1.165) is 0 Å². The molecule has 0 amide bonds. The summed E-state index contributed by atoms with van der Waals surface area (Å²) in [6.07, 6.45) is 0. The van der Waals surface area contributed by atoms with Crippen molar-refractivity contribution < 1.29 is 0 Å². The van der Waals surface area contributed by atoms with Crippen molar-refractivity contribution in [3.05, 3.63) is 30.6 Å². The van der Waals surface area contributed by atoms with Crippen LogP contribution >= 0.6 is 11.5 Å². The van der Waals surface area contributed by atoms with E-state index in [4.69, 9.17) is 7.98 Å². The average Bonchev–Trinajstić information content (AvgIpc) is 2.43. The maximum absolute atomic E-state index is 11.2. The van der Waals surface area contributed by atoms with Gasteiger partial charge in [0.1, 0.15) is 0 Å². The Bertz CT molecular complexity index is 633. The molecular formula is C4HBN4O3S. The molecule has 0 fully saturated rings. The first-order chi connectivity index (χ1) is 6.11. The molecule has 9 heteroatoms. The van der Waals surface area contributed by atoms with Crippen LogP contribution in [0.5, 0.6) is 0 Å². The number of fused-ring (bicyclic) bond motifs is 1. The van der Waals surface area contributed by atoms with Crippen molar-refractivity contribution in [2.24, 2.45) is 0 Å². The SMILES string of the molecule is [B]n1c(=O)[nH]c2nsc(=O)n2c1=O. The number of aromatic nitrogens is 4. The summed E-state index contributed by atoms with van der Waals surface area (Å²) in [6.45, 7) is 0. The predicted octanol–water partition coefficient (Wildman–Crippen LogP) is -2.46. The molecule has 2 aromatic rings. The van der Waals surface area contributed by atoms with Crippen molar-refractivity contribution in [3.63, 3.8) is 0 Å². The molecule has 0 bridgehead atoms. The van der Waals surface area contributed by atoms with Crippen LogP contribution in [0.25, 0.3) is 5.78 Å². The lowest BCUT2D eigenvalue weighted by molar-refractivity contribution is 0.844. The fourth-order valence-corrected chi connectivity index (χ4v) is 1.39. The third kappa shape index (κ3) is 0.969. The molecule has 7 nitrogen and oxygen atoms in total. The fraction of sp³-hybridized carbons (Fsp3) is 0. The molecule has 2 heterocycles. The number of hydrogen-bond donors (Lipinski definition) is 1. The summed E-state index contributed by atoms with van der Waals surface area (Å²) < 4.78 is 4.54. The van der Waals surface area contributed by atoms with Crippen molar-refractivity contribution in [1.29, 1.82) is 0 Å². The summed E-state index contributed by atoms with van der Waals surface area (Å²) >= 11 is 0.568. The minimum atomic E-state index is -0.905. The molecule has 0 spiro atoms. The quantitative estimate of drug-likeness (QED) is 0.473. The average molecular weight is 196 g/mol. The Kier molecular flexibility index (Phi) is 1.49. The van der Waals surface area contributed by atoms with Gasteiger partial charge >= 0.3 is 16.3 Å². The number of rotatable bonds is 0. The van der Waals surface area contributed by atoms with Gasteiger partial charge in [0.05, 0.1) is 0 Å². The van der Waals surface area contributed by atoms with Gasteiger partial charge in [-0.05, 0) is 0 Å². The van der Waals surface area contributed by atoms with Crippen molar-refractivity contribution in [2.75, 3.05) is 0 Å². The zero-order chi connectivity index (χ0) is 9.59. The molecule has 0 aliphatic heterocycles. The highest BCUT2D eigenvalue weighted by atomic mass is 32.1. The molecule has 2 aromatic heterocycles. The maximum Gasteiger partial charge on any atom is 0.336 e. The summed E-state index contributed by atoms with van der Waals surface area (Å²) in [5.41, 5.74) is -1.72. The maximum atomic E-state index is 11.2. The molecule has 1 N–H and O–H groups in total. The van der Waals surface area contributed by atoms with E-state index in [2.05, 4.69) is 9.36 Å². The zero-order valence-electron chi connectivity index (χ0n) is 6.05. The summed E-state index contributed by atoms with van der Waals surface area (Å²) in [5.74, 6) is -0.0910. The number of aromatic amines is 1. The molecule has 13 heavy (non-hydrogen) atoms. The van der Waals surface area contributed by atoms with Gasteiger partial charge in [-0.15, -0.1) is 0 Å². The lowest BCUT2D eigenvalue weighted by Gasteiger charge is -1.94. The molecular weight excluding hydrogens is 195 g/mol. The molecule has 0 saturated carbocycles. The summed E-state index contributed by atoms with van der Waals surface area (Å²) in [6, 6.07) is 0. The van der Waals surface area contributed by atoms with Gasteiger partial charge < -0.3 is 4.48 Å². The molecule has 0 aliphatic carbocycles. The van der Waals surface area contributed by atoms with E-state index in [0.29, 0.717) is 20.4 Å². The van der Waals surface area contributed by atoms with Crippen LogP contribution in [0, 0.1) is 0 Å². The highest BCUT2D eigenvalue weighted by Crippen LogP contribution is 1.84. The first-order valence-corrected chi connectivity index (χ1v) is 3.87. The second kappa shape index (κ2) is 2.42. The van der Waals surface area contributed by atoms with Gasteiger partial charge in [-0.25, -0.2) is 9.59 Å². The van der Waals surface area contributed by atoms with Gasteiger partial charge in [-0.2, -0.15) is 8.77 Å². The van der Waals surface area contributed by atoms with E-state index in [9.17, 15) is 14.4 Å². The van der Waals surface area contributed by atoms with Crippen molar-refractivity contribution >= 4 is 25.3 Å². The first kappa shape index (κ1) is 7.99. The Hall–Kier alpha value is -1.64. The second-order valence-electron chi connectivity index (χ2n) is 2.19. The topological polar surface area (TPSA) is 89.2 Å². The fourth-order valence-electron chi connectivity index (χ4n) is 0.848. The molecule has 64 valence electrons. The molecule has 0 aliphatic rings. The Morgan fingerprint density at radius 1 is 1.38 bits per heavy atom. The van der Waals surface area contributed by atoms with Crippen LogP contribution in [0.15, 0.2) is 14.4 Å². The molecule has 0 unspecified atom stereocenters. The Balaban J connectivity index is 3.26. The van der Waals surface area contributed by atoms with Crippen molar-refractivity contribution in [1.82, 2.24) is 18.2 Å². The third-order valence-electron chi connectivity index (χ3n) is 1.44. The van der Waals surface area contributed by atoms with E-state index in [1.165, 1.54) is 0 Å². The molecule has 0 aromatic carbocycles. The smallest absolute Gasteiger partial charge is 0.304 e. The summed E-state index contributed by atoms with van der Waals surface area (Å²) in [7, 11) is 5.05. The van der Waals surface area contributed by atoms with Crippen molar-refractivity contribution in [3.8, 4) is 0 Å². The van der Waals surface area contributed by atoms with Gasteiger partial charge in [-0.3, -0.25) is 9.78 Å². The van der Waals surface area contributed by atoms with Crippen molar-refractivity contribution in [2.45, 2.75) is 0 Å². The minimum Gasteiger partial charge on any atom is -0.304 e. The first-order valence-electron chi connectivity index (χ1n) is 3.10. The standard InChI is InChI=1S/C4HBN4O3S/c5-9-2(10)6-1-7-13-4(12)8(1)3(9)11/h(H,6,7,10). The molecule has 2 rings (SSSR count). The molecule has 0 saturated heterocycles. The minimum absolute atomic E-state index is 0.0910. The van der Waals surface area contributed by atoms with Gasteiger partial charge in [-0.1, -0.05) is 0 Å². The summed E-state index contributed by atoms with van der Waals surface area (Å²) in [4.78, 5) is 34.6. The zero-order valence-corrected chi connectivity index (χ0v) is 6.87. The van der Waals surface area contributed by atoms with E-state index >= 15 is 0 Å². The predicted molar refractivity (Wildman–Crippen MR) is 45.4 cm³/mol. The summed E-state index contributed by atoms with van der Waals surface area (Å²) in [5, 5.41) is 0. The molecule has 2 radical (unpaired) electrons. The van der Waals surface area contributed by atoms with Crippen LogP contribution in [-0.2, 0) is 0 Å². The van der Waals surface area contributed by atoms with Crippen LogP contribution in [0.3, 0.4) is 0 Å². The van der Waals surface area contributed by atoms with E-state index in [1.807, 2.05) is 0 Å². The van der Waals surface area contributed by atoms with Gasteiger partial charge in [0.25, 0.3) is 0 Å². The van der Waals surface area contributed by atoms with E-state index in [1.54, 1.807) is 0 Å². The lowest BCUT2D eigenvalue weighted by atomic mass is 10.4. The van der Waals surface area contributed by atoms with Crippen LogP contribution in [-0.4, -0.2) is 26.2 Å². The number of H-pyrrole nitrogens is 1. The number of hydrogen-bond acceptors (Lipinski definition) is 5. The Morgan fingerprint density at radius 2 is 2.08 bits per heavy atom. The van der Waals surface area contributed by atoms with Crippen LogP contribution < -0.4 is 16.3 Å². The monoisotopic (exact) mass is 196 g/mol. The highest BCUT2D eigenvalue weighted by molar-refractivity contribution is 7.03. The lowest BCUT2D eigenvalue weighted by Crippen LogP contribution is -2.40. The Labute approximate surface area is 74.9 Å². The Morgan fingerprint density at radius 3 is 2.77 bits per heavy atom. The largest absolute Gasteiger partial charge is 0.336 e. The second-order valence-corrected chi connectivity index (χ2v) is 2.90. The molecule has 0 atom stereocenters. The van der Waals surface area contributed by atoms with Crippen LogP contribution in [0.1, 0.15) is 0 Å². The van der Waals surface area contributed by atoms with E-state index < -0.39 is 16.3 Å². The van der Waals surface area contributed by atoms with Gasteiger partial charge in [0, 0.05) is 11.5 Å². The van der Waals surface area contributed by atoms with Gasteiger partial charge in [0.2, 0.25) is 13.8 Å². The number of nitrogens with one attached hydrogen (secondary N) is 1.